The lowest BCUT2D eigenvalue weighted by atomic mass is 10.2. The Bertz CT molecular complexity index is 640. The third kappa shape index (κ3) is 4.51. The van der Waals surface area contributed by atoms with Gasteiger partial charge in [0.2, 0.25) is 0 Å². The number of aromatic nitrogens is 3. The number of ether oxygens (including phenoxy) is 1. The first kappa shape index (κ1) is 15.4. The second-order valence-electron chi connectivity index (χ2n) is 4.77. The predicted octanol–water partition coefficient (Wildman–Crippen LogP) is 3.42. The van der Waals surface area contributed by atoms with Gasteiger partial charge in [0.05, 0.1) is 0 Å². The minimum absolute atomic E-state index is 0.263. The number of alkyl halides is 1. The summed E-state index contributed by atoms with van der Waals surface area (Å²) in [4.78, 5) is 4.22. The molecule has 1 aromatic heterocycles. The molecule has 0 spiro atoms. The van der Waals surface area contributed by atoms with Crippen LogP contribution in [0.1, 0.15) is 37.7 Å². The van der Waals surface area contributed by atoms with Crippen LogP contribution in [0.5, 0.6) is 5.75 Å². The fraction of sp³-hybridized carbons (Fsp3) is 0.375. The molecular formula is C16H18ClN3O. The maximum Gasteiger partial charge on any atom is 0.165 e. The Balaban J connectivity index is 2.02. The van der Waals surface area contributed by atoms with E-state index in [1.165, 1.54) is 0 Å². The number of benzene rings is 1. The van der Waals surface area contributed by atoms with Gasteiger partial charge in [-0.3, -0.25) is 0 Å². The average molecular weight is 304 g/mol. The minimum atomic E-state index is 0.263. The monoisotopic (exact) mass is 303 g/mol. The lowest BCUT2D eigenvalue weighted by Gasteiger charge is -2.10. The van der Waals surface area contributed by atoms with Crippen LogP contribution in [0.15, 0.2) is 30.6 Å². The molecule has 0 amide bonds. The highest BCUT2D eigenvalue weighted by Crippen LogP contribution is 2.15. The molecule has 5 heteroatoms. The van der Waals surface area contributed by atoms with Crippen molar-refractivity contribution in [2.75, 3.05) is 5.88 Å². The Hall–Kier alpha value is -1.99. The van der Waals surface area contributed by atoms with Crippen molar-refractivity contribution in [3.05, 3.63) is 42.0 Å². The van der Waals surface area contributed by atoms with Crippen molar-refractivity contribution in [1.82, 2.24) is 14.8 Å². The van der Waals surface area contributed by atoms with Crippen LogP contribution in [0.2, 0.25) is 0 Å². The summed E-state index contributed by atoms with van der Waals surface area (Å²) < 4.78 is 7.62. The number of nitrogens with zero attached hydrogens (tertiary/aromatic N) is 3. The minimum Gasteiger partial charge on any atom is -0.486 e. The van der Waals surface area contributed by atoms with Gasteiger partial charge in [0.1, 0.15) is 18.7 Å². The molecule has 0 aliphatic rings. The van der Waals surface area contributed by atoms with Crippen LogP contribution in [0.4, 0.5) is 0 Å². The van der Waals surface area contributed by atoms with E-state index in [-0.39, 0.29) is 6.04 Å². The Kier molecular flexibility index (Phi) is 5.65. The Morgan fingerprint density at radius 3 is 3.00 bits per heavy atom. The van der Waals surface area contributed by atoms with E-state index in [0.29, 0.717) is 18.9 Å². The summed E-state index contributed by atoms with van der Waals surface area (Å²) in [5, 5.41) is 4.19. The van der Waals surface area contributed by atoms with Gasteiger partial charge in [0, 0.05) is 23.9 Å². The molecule has 0 aliphatic heterocycles. The molecule has 0 aliphatic carbocycles. The highest BCUT2D eigenvalue weighted by Gasteiger charge is 2.08. The molecule has 21 heavy (non-hydrogen) atoms. The number of halogens is 1. The molecule has 0 bridgehead atoms. The second-order valence-corrected chi connectivity index (χ2v) is 5.15. The van der Waals surface area contributed by atoms with Crippen molar-refractivity contribution >= 4 is 11.6 Å². The van der Waals surface area contributed by atoms with Crippen molar-refractivity contribution in [2.45, 2.75) is 32.9 Å². The number of hydrogen-bond acceptors (Lipinski definition) is 3. The molecule has 0 saturated carbocycles. The maximum atomic E-state index is 5.77. The maximum absolute atomic E-state index is 5.77. The van der Waals surface area contributed by atoms with Crippen molar-refractivity contribution in [1.29, 1.82) is 0 Å². The third-order valence-electron chi connectivity index (χ3n) is 2.79. The molecule has 110 valence electrons. The van der Waals surface area contributed by atoms with Crippen LogP contribution in [-0.4, -0.2) is 20.6 Å². The van der Waals surface area contributed by atoms with Gasteiger partial charge in [0.25, 0.3) is 0 Å². The predicted molar refractivity (Wildman–Crippen MR) is 83.4 cm³/mol. The van der Waals surface area contributed by atoms with Gasteiger partial charge in [-0.1, -0.05) is 17.9 Å². The van der Waals surface area contributed by atoms with Crippen molar-refractivity contribution < 1.29 is 4.74 Å². The summed E-state index contributed by atoms with van der Waals surface area (Å²) in [7, 11) is 0. The van der Waals surface area contributed by atoms with Crippen LogP contribution in [-0.2, 0) is 6.61 Å². The van der Waals surface area contributed by atoms with E-state index in [1.807, 2.05) is 28.9 Å². The highest BCUT2D eigenvalue weighted by molar-refractivity contribution is 6.18. The zero-order valence-corrected chi connectivity index (χ0v) is 13.0. The van der Waals surface area contributed by atoms with E-state index >= 15 is 0 Å². The van der Waals surface area contributed by atoms with Crippen LogP contribution >= 0.6 is 11.6 Å². The van der Waals surface area contributed by atoms with Gasteiger partial charge < -0.3 is 4.74 Å². The molecule has 1 heterocycles. The lowest BCUT2D eigenvalue weighted by molar-refractivity contribution is 0.282. The first-order valence-electron chi connectivity index (χ1n) is 6.87. The Labute approximate surface area is 130 Å². The molecule has 1 aromatic carbocycles. The molecule has 2 aromatic rings. The van der Waals surface area contributed by atoms with Crippen molar-refractivity contribution in [2.24, 2.45) is 0 Å². The molecule has 0 radical (unpaired) electrons. The van der Waals surface area contributed by atoms with Crippen molar-refractivity contribution in [3.63, 3.8) is 0 Å². The molecule has 0 atom stereocenters. The van der Waals surface area contributed by atoms with Gasteiger partial charge in [-0.25, -0.2) is 9.67 Å². The standard InChI is InChI=1S/C16H18ClN3O/c1-13(2)20-16(18-12-19-20)11-21-15-8-5-7-14(10-15)6-3-4-9-17/h5,7-8,10,12-13H,4,9,11H2,1-2H3. The molecule has 0 N–H and O–H groups in total. The summed E-state index contributed by atoms with van der Waals surface area (Å²) in [6.07, 6.45) is 2.23. The van der Waals surface area contributed by atoms with E-state index in [2.05, 4.69) is 35.8 Å². The first-order valence-corrected chi connectivity index (χ1v) is 7.40. The summed E-state index contributed by atoms with van der Waals surface area (Å²) in [6.45, 7) is 4.51. The molecule has 2 rings (SSSR count). The number of hydrogen-bond donors (Lipinski definition) is 0. The summed E-state index contributed by atoms with van der Waals surface area (Å²) in [6, 6.07) is 7.96. The van der Waals surface area contributed by atoms with Gasteiger partial charge in [-0.15, -0.1) is 11.6 Å². The quantitative estimate of drug-likeness (QED) is 0.627. The molecule has 0 fully saturated rings. The van der Waals surface area contributed by atoms with Crippen LogP contribution < -0.4 is 4.74 Å². The zero-order chi connectivity index (χ0) is 15.1. The third-order valence-corrected chi connectivity index (χ3v) is 2.98. The van der Waals surface area contributed by atoms with Crippen LogP contribution in [0, 0.1) is 11.8 Å². The second kappa shape index (κ2) is 7.70. The van der Waals surface area contributed by atoms with Crippen LogP contribution in [0.3, 0.4) is 0 Å². The lowest BCUT2D eigenvalue weighted by Crippen LogP contribution is -2.10. The molecule has 0 saturated heterocycles. The fourth-order valence-electron chi connectivity index (χ4n) is 1.83. The Morgan fingerprint density at radius 1 is 1.38 bits per heavy atom. The SMILES string of the molecule is CC(C)n1ncnc1COc1cccc(C#CCCCl)c1. The highest BCUT2D eigenvalue weighted by atomic mass is 35.5. The summed E-state index contributed by atoms with van der Waals surface area (Å²) in [5.74, 6) is 8.20. The summed E-state index contributed by atoms with van der Waals surface area (Å²) in [5.41, 5.74) is 0.919. The van der Waals surface area contributed by atoms with E-state index in [0.717, 1.165) is 17.1 Å². The molecule has 0 unspecified atom stereocenters. The van der Waals surface area contributed by atoms with Gasteiger partial charge in [0.15, 0.2) is 5.82 Å². The van der Waals surface area contributed by atoms with E-state index in [1.54, 1.807) is 6.33 Å². The summed E-state index contributed by atoms with van der Waals surface area (Å²) >= 11 is 5.60. The smallest absolute Gasteiger partial charge is 0.165 e. The number of rotatable bonds is 5. The normalized spacial score (nSPS) is 10.3. The van der Waals surface area contributed by atoms with E-state index in [9.17, 15) is 0 Å². The van der Waals surface area contributed by atoms with Gasteiger partial charge >= 0.3 is 0 Å². The fourth-order valence-corrected chi connectivity index (χ4v) is 1.93. The molecule has 4 nitrogen and oxygen atoms in total. The average Bonchev–Trinajstić information content (AvgIpc) is 2.94. The largest absolute Gasteiger partial charge is 0.486 e. The van der Waals surface area contributed by atoms with Crippen molar-refractivity contribution in [3.8, 4) is 17.6 Å². The van der Waals surface area contributed by atoms with Gasteiger partial charge in [-0.05, 0) is 32.0 Å². The first-order chi connectivity index (χ1) is 10.2. The van der Waals surface area contributed by atoms with E-state index in [4.69, 9.17) is 16.3 Å². The Morgan fingerprint density at radius 2 is 2.24 bits per heavy atom. The topological polar surface area (TPSA) is 39.9 Å². The zero-order valence-electron chi connectivity index (χ0n) is 12.2. The van der Waals surface area contributed by atoms with Crippen LogP contribution in [0.25, 0.3) is 0 Å². The van der Waals surface area contributed by atoms with Gasteiger partial charge in [-0.2, -0.15) is 5.10 Å². The van der Waals surface area contributed by atoms with E-state index < -0.39 is 0 Å². The molecular weight excluding hydrogens is 286 g/mol.